The van der Waals surface area contributed by atoms with Crippen LogP contribution in [0.15, 0.2) is 0 Å². The quantitative estimate of drug-likeness (QED) is 0.663. The summed E-state index contributed by atoms with van der Waals surface area (Å²) in [5.74, 6) is 1.59. The van der Waals surface area contributed by atoms with E-state index in [4.69, 9.17) is 4.98 Å². The Kier molecular flexibility index (Phi) is 8.03. The first kappa shape index (κ1) is 17.0. The summed E-state index contributed by atoms with van der Waals surface area (Å²) in [6.45, 7) is 13.3. The summed E-state index contributed by atoms with van der Waals surface area (Å²) in [4.78, 5) is 6.29. The van der Waals surface area contributed by atoms with Crippen LogP contribution in [0.25, 0.3) is 0 Å². The lowest BCUT2D eigenvalue weighted by Crippen LogP contribution is -2.14. The lowest BCUT2D eigenvalue weighted by atomic mass is 10.1. The number of rotatable bonds is 9. The molecule has 2 nitrogen and oxygen atoms in total. The lowest BCUT2D eigenvalue weighted by Gasteiger charge is -2.05. The highest BCUT2D eigenvalue weighted by molar-refractivity contribution is 7.99. The fourth-order valence-corrected chi connectivity index (χ4v) is 3.92. The molecule has 1 atom stereocenters. The first-order valence-electron chi connectivity index (χ1n) is 7.39. The zero-order valence-electron chi connectivity index (χ0n) is 13.0. The van der Waals surface area contributed by atoms with E-state index >= 15 is 0 Å². The molecule has 0 fully saturated rings. The molecule has 0 aliphatic heterocycles. The molecule has 0 aromatic carbocycles. The molecule has 0 saturated carbocycles. The van der Waals surface area contributed by atoms with Gasteiger partial charge in [0, 0.05) is 22.4 Å². The highest BCUT2D eigenvalue weighted by Gasteiger charge is 2.14. The number of nitrogens with zero attached hydrogens (tertiary/aromatic N) is 1. The molecular weight excluding hydrogens is 272 g/mol. The summed E-state index contributed by atoms with van der Waals surface area (Å²) < 4.78 is 0. The second-order valence-electron chi connectivity index (χ2n) is 5.28. The van der Waals surface area contributed by atoms with E-state index in [9.17, 15) is 0 Å². The number of thioether (sulfide) groups is 1. The van der Waals surface area contributed by atoms with E-state index in [1.54, 1.807) is 0 Å². The van der Waals surface area contributed by atoms with Crippen molar-refractivity contribution in [1.29, 1.82) is 0 Å². The molecule has 1 aromatic rings. The maximum atomic E-state index is 4.85. The normalized spacial score (nSPS) is 13.2. The van der Waals surface area contributed by atoms with Crippen molar-refractivity contribution in [3.63, 3.8) is 0 Å². The fourth-order valence-electron chi connectivity index (χ4n) is 1.76. The van der Waals surface area contributed by atoms with Crippen LogP contribution >= 0.6 is 23.1 Å². The Morgan fingerprint density at radius 1 is 1.26 bits per heavy atom. The van der Waals surface area contributed by atoms with E-state index in [-0.39, 0.29) is 0 Å². The maximum Gasteiger partial charge on any atom is 0.103 e. The van der Waals surface area contributed by atoms with Gasteiger partial charge in [-0.25, -0.2) is 4.98 Å². The Labute approximate surface area is 126 Å². The second-order valence-corrected chi connectivity index (χ2v) is 7.87. The van der Waals surface area contributed by atoms with Gasteiger partial charge in [0.1, 0.15) is 5.01 Å². The van der Waals surface area contributed by atoms with E-state index in [0.717, 1.165) is 24.1 Å². The second kappa shape index (κ2) is 8.98. The van der Waals surface area contributed by atoms with Crippen LogP contribution in [0.2, 0.25) is 0 Å². The Balaban J connectivity index is 2.65. The monoisotopic (exact) mass is 300 g/mol. The molecule has 0 saturated heterocycles. The highest BCUT2D eigenvalue weighted by Crippen LogP contribution is 2.29. The fraction of sp³-hybridized carbons (Fsp3) is 0.800. The molecule has 110 valence electrons. The van der Waals surface area contributed by atoms with Crippen LogP contribution in [0, 0.1) is 0 Å². The van der Waals surface area contributed by atoms with Gasteiger partial charge < -0.3 is 5.32 Å². The predicted octanol–water partition coefficient (Wildman–Crippen LogP) is 4.80. The van der Waals surface area contributed by atoms with Crippen LogP contribution in [0.1, 0.15) is 69.0 Å². The van der Waals surface area contributed by atoms with Crippen LogP contribution in [0.4, 0.5) is 0 Å². The van der Waals surface area contributed by atoms with Crippen molar-refractivity contribution < 1.29 is 0 Å². The molecule has 1 unspecified atom stereocenters. The minimum absolute atomic E-state index is 0.525. The predicted molar refractivity (Wildman–Crippen MR) is 89.2 cm³/mol. The van der Waals surface area contributed by atoms with Gasteiger partial charge in [0.25, 0.3) is 0 Å². The molecule has 1 rings (SSSR count). The van der Waals surface area contributed by atoms with Crippen LogP contribution in [-0.4, -0.2) is 16.8 Å². The Morgan fingerprint density at radius 2 is 2.00 bits per heavy atom. The number of aromatic nitrogens is 1. The molecule has 0 amide bonds. The maximum absolute atomic E-state index is 4.85. The third kappa shape index (κ3) is 5.84. The number of hydrogen-bond acceptors (Lipinski definition) is 4. The van der Waals surface area contributed by atoms with Crippen molar-refractivity contribution in [3.05, 3.63) is 15.6 Å². The number of hydrogen-bond donors (Lipinski definition) is 1. The van der Waals surface area contributed by atoms with Crippen LogP contribution in [0.3, 0.4) is 0 Å². The van der Waals surface area contributed by atoms with Gasteiger partial charge in [-0.2, -0.15) is 11.8 Å². The average Bonchev–Trinajstić information content (AvgIpc) is 2.80. The van der Waals surface area contributed by atoms with Gasteiger partial charge in [0.05, 0.1) is 5.69 Å². The Bertz CT molecular complexity index is 361. The molecule has 0 radical (unpaired) electrons. The molecule has 4 heteroatoms. The van der Waals surface area contributed by atoms with Crippen molar-refractivity contribution in [3.8, 4) is 0 Å². The van der Waals surface area contributed by atoms with Gasteiger partial charge in [-0.15, -0.1) is 11.3 Å². The largest absolute Gasteiger partial charge is 0.312 e. The molecule has 1 aromatic heterocycles. The van der Waals surface area contributed by atoms with Gasteiger partial charge in [-0.3, -0.25) is 0 Å². The van der Waals surface area contributed by atoms with Gasteiger partial charge in [-0.05, 0) is 25.3 Å². The molecule has 0 aliphatic carbocycles. The molecule has 0 bridgehead atoms. The van der Waals surface area contributed by atoms with Crippen LogP contribution in [-0.2, 0) is 12.3 Å². The molecule has 0 spiro atoms. The van der Waals surface area contributed by atoms with E-state index in [2.05, 4.69) is 39.9 Å². The summed E-state index contributed by atoms with van der Waals surface area (Å²) in [6.07, 6.45) is 2.42. The summed E-state index contributed by atoms with van der Waals surface area (Å²) in [7, 11) is 0. The third-order valence-corrected chi connectivity index (χ3v) is 5.69. The number of nitrogens with one attached hydrogen (secondary N) is 1. The van der Waals surface area contributed by atoms with Crippen molar-refractivity contribution in [1.82, 2.24) is 10.3 Å². The van der Waals surface area contributed by atoms with E-state index in [0.29, 0.717) is 5.92 Å². The first-order valence-corrected chi connectivity index (χ1v) is 9.25. The smallest absolute Gasteiger partial charge is 0.103 e. The van der Waals surface area contributed by atoms with Crippen molar-refractivity contribution in [2.24, 2.45) is 0 Å². The van der Waals surface area contributed by atoms with Crippen molar-refractivity contribution in [2.75, 3.05) is 6.54 Å². The average molecular weight is 301 g/mol. The molecule has 1 heterocycles. The standard InChI is InChI=1S/C15H28N2S2/c1-6-8-16-9-13-15(11(3)4)17-14(19-13)10-18-12(5)7-2/h11-12,16H,6-10H2,1-5H3. The minimum Gasteiger partial charge on any atom is -0.312 e. The summed E-state index contributed by atoms with van der Waals surface area (Å²) in [5.41, 5.74) is 1.30. The number of thiazole rings is 1. The summed E-state index contributed by atoms with van der Waals surface area (Å²) >= 11 is 3.92. The topological polar surface area (TPSA) is 24.9 Å². The molecule has 19 heavy (non-hydrogen) atoms. The van der Waals surface area contributed by atoms with Crippen molar-refractivity contribution in [2.45, 2.75) is 70.9 Å². The first-order chi connectivity index (χ1) is 9.08. The van der Waals surface area contributed by atoms with Gasteiger partial charge in [0.15, 0.2) is 0 Å². The highest BCUT2D eigenvalue weighted by atomic mass is 32.2. The Morgan fingerprint density at radius 3 is 2.58 bits per heavy atom. The summed E-state index contributed by atoms with van der Waals surface area (Å²) in [6, 6.07) is 0. The molecular formula is C15H28N2S2. The lowest BCUT2D eigenvalue weighted by molar-refractivity contribution is 0.670. The van der Waals surface area contributed by atoms with Gasteiger partial charge >= 0.3 is 0 Å². The zero-order chi connectivity index (χ0) is 14.3. The minimum atomic E-state index is 0.525. The zero-order valence-corrected chi connectivity index (χ0v) is 14.6. The third-order valence-electron chi connectivity index (χ3n) is 3.10. The van der Waals surface area contributed by atoms with E-state index < -0.39 is 0 Å². The molecule has 0 aliphatic rings. The van der Waals surface area contributed by atoms with Gasteiger partial charge in [0.2, 0.25) is 0 Å². The summed E-state index contributed by atoms with van der Waals surface area (Å²) in [5, 5.41) is 5.52. The van der Waals surface area contributed by atoms with Crippen LogP contribution in [0.5, 0.6) is 0 Å². The van der Waals surface area contributed by atoms with E-state index in [1.165, 1.54) is 28.4 Å². The SMILES string of the molecule is CCCNCc1sc(CSC(C)CC)nc1C(C)C. The van der Waals surface area contributed by atoms with Crippen molar-refractivity contribution >= 4 is 23.1 Å². The van der Waals surface area contributed by atoms with Crippen LogP contribution < -0.4 is 5.32 Å². The van der Waals surface area contributed by atoms with E-state index in [1.807, 2.05) is 23.1 Å². The Hall–Kier alpha value is -0.0600. The molecule has 1 N–H and O–H groups in total. The van der Waals surface area contributed by atoms with Gasteiger partial charge in [-0.1, -0.05) is 34.6 Å².